The molecule has 2 aromatic carbocycles. The zero-order chi connectivity index (χ0) is 20.7. The highest BCUT2D eigenvalue weighted by Crippen LogP contribution is 2.45. The van der Waals surface area contributed by atoms with Crippen molar-refractivity contribution in [3.05, 3.63) is 86.7 Å². The van der Waals surface area contributed by atoms with Crippen LogP contribution in [0.5, 0.6) is 5.75 Å². The van der Waals surface area contributed by atoms with Gasteiger partial charge in [-0.05, 0) is 47.7 Å². The highest BCUT2D eigenvalue weighted by Gasteiger charge is 2.36. The maximum atomic E-state index is 13.4. The Bertz CT molecular complexity index is 1140. The van der Waals surface area contributed by atoms with Crippen LogP contribution in [-0.4, -0.2) is 12.9 Å². The number of Topliss-reactive ketones (excluding diaryl/α,β-unsaturated/α-hetero) is 1. The highest BCUT2D eigenvalue weighted by molar-refractivity contribution is 7.10. The number of benzene rings is 2. The molecule has 30 heavy (non-hydrogen) atoms. The Morgan fingerprint density at radius 3 is 2.63 bits per heavy atom. The van der Waals surface area contributed by atoms with Crippen molar-refractivity contribution >= 4 is 40.1 Å². The molecule has 5 rings (SSSR count). The summed E-state index contributed by atoms with van der Waals surface area (Å²) in [5.41, 5.74) is 4.66. The van der Waals surface area contributed by atoms with Crippen LogP contribution in [0, 0.1) is 0 Å². The Kier molecular flexibility index (Phi) is 5.01. The number of halogens is 1. The van der Waals surface area contributed by atoms with Crippen LogP contribution in [0.25, 0.3) is 0 Å². The van der Waals surface area contributed by atoms with E-state index in [0.717, 1.165) is 34.6 Å². The normalized spacial score (nSPS) is 20.5. The number of nitrogens with one attached hydrogen (secondary N) is 2. The number of allylic oxidation sites excluding steroid dienone is 1. The molecule has 2 heterocycles. The number of para-hydroxylation sites is 2. The van der Waals surface area contributed by atoms with Crippen LogP contribution in [0.2, 0.25) is 5.02 Å². The van der Waals surface area contributed by atoms with Crippen molar-refractivity contribution in [2.75, 3.05) is 17.7 Å². The molecule has 6 heteroatoms. The molecule has 152 valence electrons. The first-order valence-corrected chi connectivity index (χ1v) is 11.2. The summed E-state index contributed by atoms with van der Waals surface area (Å²) in [6.07, 6.45) is 1.32. The zero-order valence-electron chi connectivity index (χ0n) is 16.4. The monoisotopic (exact) mass is 436 g/mol. The van der Waals surface area contributed by atoms with Gasteiger partial charge >= 0.3 is 0 Å². The predicted octanol–water partition coefficient (Wildman–Crippen LogP) is 6.39. The molecular formula is C24H21ClN2O2S. The van der Waals surface area contributed by atoms with E-state index in [1.54, 1.807) is 18.4 Å². The van der Waals surface area contributed by atoms with Gasteiger partial charge in [-0.1, -0.05) is 35.9 Å². The summed E-state index contributed by atoms with van der Waals surface area (Å²) in [7, 11) is 1.60. The molecule has 0 amide bonds. The lowest BCUT2D eigenvalue weighted by Crippen LogP contribution is -2.26. The van der Waals surface area contributed by atoms with Crippen molar-refractivity contribution in [3.8, 4) is 5.75 Å². The van der Waals surface area contributed by atoms with E-state index in [2.05, 4.69) is 22.1 Å². The molecule has 0 fully saturated rings. The molecule has 1 aromatic heterocycles. The predicted molar refractivity (Wildman–Crippen MR) is 123 cm³/mol. The Balaban J connectivity index is 1.62. The van der Waals surface area contributed by atoms with E-state index in [1.807, 2.05) is 48.5 Å². The van der Waals surface area contributed by atoms with E-state index in [1.165, 1.54) is 4.88 Å². The van der Waals surface area contributed by atoms with Gasteiger partial charge in [0.15, 0.2) is 5.78 Å². The third kappa shape index (κ3) is 3.38. The molecule has 2 N–H and O–H groups in total. The molecule has 2 aliphatic rings. The molecule has 0 radical (unpaired) electrons. The number of hydrogen-bond donors (Lipinski definition) is 2. The Morgan fingerprint density at radius 2 is 1.90 bits per heavy atom. The fourth-order valence-corrected chi connectivity index (χ4v) is 5.43. The van der Waals surface area contributed by atoms with Crippen molar-refractivity contribution in [1.29, 1.82) is 0 Å². The van der Waals surface area contributed by atoms with Crippen molar-refractivity contribution in [2.45, 2.75) is 24.8 Å². The van der Waals surface area contributed by atoms with Gasteiger partial charge in [0.2, 0.25) is 0 Å². The maximum absolute atomic E-state index is 13.4. The number of anilines is 2. The number of ether oxygens (including phenoxy) is 1. The van der Waals surface area contributed by atoms with E-state index >= 15 is 0 Å². The van der Waals surface area contributed by atoms with Gasteiger partial charge in [0.05, 0.1) is 29.5 Å². The largest absolute Gasteiger partial charge is 0.495 e. The minimum Gasteiger partial charge on any atom is -0.495 e. The Morgan fingerprint density at radius 1 is 1.07 bits per heavy atom. The number of rotatable bonds is 3. The second kappa shape index (κ2) is 7.82. The van der Waals surface area contributed by atoms with E-state index in [0.29, 0.717) is 17.2 Å². The Hall–Kier alpha value is -2.76. The molecular weight excluding hydrogens is 416 g/mol. The zero-order valence-corrected chi connectivity index (χ0v) is 18.0. The fourth-order valence-electron chi connectivity index (χ4n) is 4.33. The first-order chi connectivity index (χ1) is 14.6. The van der Waals surface area contributed by atoms with Gasteiger partial charge in [-0.2, -0.15) is 0 Å². The summed E-state index contributed by atoms with van der Waals surface area (Å²) in [4.78, 5) is 14.7. The van der Waals surface area contributed by atoms with Gasteiger partial charge in [-0.3, -0.25) is 4.79 Å². The van der Waals surface area contributed by atoms with Crippen molar-refractivity contribution in [3.63, 3.8) is 0 Å². The number of thiophene rings is 1. The number of ketones is 1. The second-order valence-corrected chi connectivity index (χ2v) is 8.96. The average molecular weight is 437 g/mol. The van der Waals surface area contributed by atoms with E-state index in [9.17, 15) is 4.79 Å². The first kappa shape index (κ1) is 19.2. The molecule has 1 aliphatic carbocycles. The quantitative estimate of drug-likeness (QED) is 0.499. The maximum Gasteiger partial charge on any atom is 0.163 e. The van der Waals surface area contributed by atoms with Crippen LogP contribution < -0.4 is 15.4 Å². The Labute approximate surface area is 184 Å². The molecule has 0 saturated heterocycles. The third-order valence-corrected chi connectivity index (χ3v) is 7.09. The van der Waals surface area contributed by atoms with Gasteiger partial charge in [0.25, 0.3) is 0 Å². The summed E-state index contributed by atoms with van der Waals surface area (Å²) < 4.78 is 5.31. The van der Waals surface area contributed by atoms with Crippen molar-refractivity contribution < 1.29 is 9.53 Å². The van der Waals surface area contributed by atoms with Gasteiger partial charge < -0.3 is 15.4 Å². The number of methoxy groups -OCH3 is 1. The SMILES string of the molecule is COc1ccc(C2Nc3ccccc3NC3=C2C(=O)CC(c2cccs2)C3)cc1Cl. The summed E-state index contributed by atoms with van der Waals surface area (Å²) in [5, 5.41) is 9.75. The molecule has 2 atom stereocenters. The number of hydrogen-bond acceptors (Lipinski definition) is 5. The van der Waals surface area contributed by atoms with Crippen LogP contribution in [0.4, 0.5) is 11.4 Å². The van der Waals surface area contributed by atoms with Gasteiger partial charge in [-0.15, -0.1) is 11.3 Å². The summed E-state index contributed by atoms with van der Waals surface area (Å²) >= 11 is 8.14. The smallest absolute Gasteiger partial charge is 0.163 e. The lowest BCUT2D eigenvalue weighted by atomic mass is 9.81. The first-order valence-electron chi connectivity index (χ1n) is 9.89. The minimum absolute atomic E-state index is 0.166. The standard InChI is InChI=1S/C24H21ClN2O2S/c1-29-21-9-8-14(11-16(21)25)24-23-19(26-17-5-2-3-6-18(17)27-24)12-15(13-20(23)28)22-7-4-10-30-22/h2-11,15,24,26-27H,12-13H2,1H3. The molecule has 0 spiro atoms. The van der Waals surface area contributed by atoms with Gasteiger partial charge in [0, 0.05) is 28.5 Å². The topological polar surface area (TPSA) is 50.4 Å². The van der Waals surface area contributed by atoms with Gasteiger partial charge in [0.1, 0.15) is 5.75 Å². The van der Waals surface area contributed by atoms with E-state index < -0.39 is 0 Å². The molecule has 0 saturated carbocycles. The van der Waals surface area contributed by atoms with Crippen LogP contribution in [-0.2, 0) is 4.79 Å². The van der Waals surface area contributed by atoms with Crippen molar-refractivity contribution in [2.24, 2.45) is 0 Å². The number of fused-ring (bicyclic) bond motifs is 1. The van der Waals surface area contributed by atoms with E-state index in [4.69, 9.17) is 16.3 Å². The minimum atomic E-state index is -0.281. The van der Waals surface area contributed by atoms with E-state index in [-0.39, 0.29) is 17.7 Å². The van der Waals surface area contributed by atoms with Crippen LogP contribution in [0.3, 0.4) is 0 Å². The molecule has 4 nitrogen and oxygen atoms in total. The number of carbonyl (C=O) groups excluding carboxylic acids is 1. The fraction of sp³-hybridized carbons (Fsp3) is 0.208. The third-order valence-electron chi connectivity index (χ3n) is 5.76. The number of carbonyl (C=O) groups is 1. The van der Waals surface area contributed by atoms with Crippen LogP contribution in [0.15, 0.2) is 71.2 Å². The highest BCUT2D eigenvalue weighted by atomic mass is 35.5. The van der Waals surface area contributed by atoms with Crippen LogP contribution >= 0.6 is 22.9 Å². The summed E-state index contributed by atoms with van der Waals surface area (Å²) in [6, 6.07) is 17.7. The second-order valence-electron chi connectivity index (χ2n) is 7.58. The van der Waals surface area contributed by atoms with Gasteiger partial charge in [-0.25, -0.2) is 0 Å². The average Bonchev–Trinajstić information content (AvgIpc) is 3.22. The molecule has 1 aliphatic heterocycles. The molecule has 2 unspecified atom stereocenters. The molecule has 3 aromatic rings. The van der Waals surface area contributed by atoms with Crippen molar-refractivity contribution in [1.82, 2.24) is 0 Å². The summed E-state index contributed by atoms with van der Waals surface area (Å²) in [6.45, 7) is 0. The lowest BCUT2D eigenvalue weighted by molar-refractivity contribution is -0.116. The summed E-state index contributed by atoms with van der Waals surface area (Å²) in [5.74, 6) is 0.989. The molecule has 0 bridgehead atoms. The van der Waals surface area contributed by atoms with Crippen LogP contribution in [0.1, 0.15) is 35.2 Å². The lowest BCUT2D eigenvalue weighted by Gasteiger charge is -2.29.